The Labute approximate surface area is 320 Å². The van der Waals surface area contributed by atoms with Crippen molar-refractivity contribution in [1.29, 1.82) is 0 Å². The van der Waals surface area contributed by atoms with Crippen LogP contribution < -0.4 is 4.90 Å². The Morgan fingerprint density at radius 3 is 1.51 bits per heavy atom. The molecule has 0 unspecified atom stereocenters. The molecule has 1 aromatic heterocycles. The van der Waals surface area contributed by atoms with Crippen LogP contribution in [0.5, 0.6) is 0 Å². The molecular formula is C53H36N2. The lowest BCUT2D eigenvalue weighted by molar-refractivity contribution is 1.09. The van der Waals surface area contributed by atoms with Crippen LogP contribution in [0.1, 0.15) is 11.1 Å². The number of hydrogen-bond acceptors (Lipinski definition) is 1. The first-order valence-corrected chi connectivity index (χ1v) is 19.0. The quantitative estimate of drug-likeness (QED) is 0.174. The van der Waals surface area contributed by atoms with Gasteiger partial charge in [0.15, 0.2) is 0 Å². The topological polar surface area (TPSA) is 8.17 Å². The van der Waals surface area contributed by atoms with E-state index in [9.17, 15) is 0 Å². The first kappa shape index (κ1) is 31.4. The van der Waals surface area contributed by atoms with Crippen LogP contribution in [0.4, 0.5) is 17.1 Å². The third kappa shape index (κ3) is 5.34. The van der Waals surface area contributed by atoms with Crippen LogP contribution >= 0.6 is 0 Å². The normalized spacial score (nSPS) is 12.3. The molecular weight excluding hydrogens is 665 g/mol. The molecule has 11 rings (SSSR count). The molecule has 55 heavy (non-hydrogen) atoms. The molecule has 2 heterocycles. The van der Waals surface area contributed by atoms with E-state index in [0.717, 1.165) is 12.1 Å². The van der Waals surface area contributed by atoms with E-state index >= 15 is 0 Å². The molecule has 2 heteroatoms. The number of benzene rings is 9. The third-order valence-corrected chi connectivity index (χ3v) is 11.4. The third-order valence-electron chi connectivity index (χ3n) is 11.4. The van der Waals surface area contributed by atoms with Crippen LogP contribution in [0.15, 0.2) is 206 Å². The predicted molar refractivity (Wildman–Crippen MR) is 232 cm³/mol. The number of hydrogen-bond donors (Lipinski definition) is 0. The van der Waals surface area contributed by atoms with Gasteiger partial charge >= 0.3 is 0 Å². The number of fused-ring (bicyclic) bond motifs is 6. The lowest BCUT2D eigenvalue weighted by Gasteiger charge is -2.34. The zero-order valence-corrected chi connectivity index (χ0v) is 30.2. The lowest BCUT2D eigenvalue weighted by atomic mass is 9.90. The summed E-state index contributed by atoms with van der Waals surface area (Å²) in [4.78, 5) is 2.45. The molecule has 1 aliphatic rings. The summed E-state index contributed by atoms with van der Waals surface area (Å²) in [6.07, 6.45) is 0.869. The summed E-state index contributed by atoms with van der Waals surface area (Å²) >= 11 is 0. The Morgan fingerprint density at radius 2 is 0.818 bits per heavy atom. The van der Waals surface area contributed by atoms with Gasteiger partial charge in [0.05, 0.1) is 11.0 Å². The number of rotatable bonds is 5. The fourth-order valence-electron chi connectivity index (χ4n) is 8.67. The Hall–Kier alpha value is -7.16. The lowest BCUT2D eigenvalue weighted by Crippen LogP contribution is -2.18. The van der Waals surface area contributed by atoms with Crippen molar-refractivity contribution < 1.29 is 0 Å². The van der Waals surface area contributed by atoms with Gasteiger partial charge in [-0.3, -0.25) is 0 Å². The molecule has 0 fully saturated rings. The van der Waals surface area contributed by atoms with Gasteiger partial charge in [0.25, 0.3) is 0 Å². The van der Waals surface area contributed by atoms with E-state index in [-0.39, 0.29) is 0 Å². The highest BCUT2D eigenvalue weighted by molar-refractivity contribution is 6.10. The number of para-hydroxylation sites is 1. The fraction of sp³-hybridized carbons (Fsp3) is 0.0189. The second kappa shape index (κ2) is 12.8. The Kier molecular flexibility index (Phi) is 7.28. The minimum Gasteiger partial charge on any atom is -0.310 e. The van der Waals surface area contributed by atoms with Crippen molar-refractivity contribution in [2.75, 3.05) is 4.90 Å². The molecule has 9 aromatic carbocycles. The molecule has 0 atom stereocenters. The Bertz CT molecular complexity index is 3050. The van der Waals surface area contributed by atoms with Crippen LogP contribution in [0.2, 0.25) is 0 Å². The second-order valence-electron chi connectivity index (χ2n) is 14.6. The predicted octanol–water partition coefficient (Wildman–Crippen LogP) is 14.3. The molecule has 0 saturated heterocycles. The van der Waals surface area contributed by atoms with Gasteiger partial charge in [-0.1, -0.05) is 140 Å². The van der Waals surface area contributed by atoms with Crippen LogP contribution in [0.3, 0.4) is 0 Å². The molecule has 0 spiro atoms. The summed E-state index contributed by atoms with van der Waals surface area (Å²) in [7, 11) is 0. The summed E-state index contributed by atoms with van der Waals surface area (Å²) in [6, 6.07) is 75.5. The number of aromatic nitrogens is 1. The average Bonchev–Trinajstić information content (AvgIpc) is 3.59. The smallest absolute Gasteiger partial charge is 0.0541 e. The van der Waals surface area contributed by atoms with Crippen molar-refractivity contribution in [2.45, 2.75) is 6.42 Å². The molecule has 0 bridgehead atoms. The molecule has 2 nitrogen and oxygen atoms in total. The molecule has 0 N–H and O–H groups in total. The maximum Gasteiger partial charge on any atom is 0.0541 e. The van der Waals surface area contributed by atoms with Gasteiger partial charge in [-0.25, -0.2) is 0 Å². The van der Waals surface area contributed by atoms with Crippen molar-refractivity contribution >= 4 is 49.6 Å². The SMILES string of the molecule is c1ccc(-c2ccc3c(c2)Cc2cc(-c4ccc(-n5c6ccccc6c6cc(-c7ccccc7)ccc65)cc4)ccc2N3c2ccc3ccccc3c2)cc1. The van der Waals surface area contributed by atoms with E-state index in [2.05, 4.69) is 216 Å². The maximum atomic E-state index is 2.45. The highest BCUT2D eigenvalue weighted by Gasteiger charge is 2.25. The Balaban J connectivity index is 0.994. The molecule has 0 saturated carbocycles. The summed E-state index contributed by atoms with van der Waals surface area (Å²) in [6.45, 7) is 0. The first-order valence-electron chi connectivity index (χ1n) is 19.0. The van der Waals surface area contributed by atoms with E-state index in [1.165, 1.54) is 94.1 Å². The van der Waals surface area contributed by atoms with Crippen LogP contribution in [-0.2, 0) is 6.42 Å². The van der Waals surface area contributed by atoms with E-state index in [1.54, 1.807) is 0 Å². The van der Waals surface area contributed by atoms with Crippen molar-refractivity contribution in [3.05, 3.63) is 217 Å². The first-order chi connectivity index (χ1) is 27.2. The van der Waals surface area contributed by atoms with Gasteiger partial charge in [-0.15, -0.1) is 0 Å². The standard InChI is InChI=1S/C53H36N2/c1-3-11-36(12-4-1)41-22-28-50-44(31-41)33-45-32-42(23-29-51(45)55(50)47-27-21-38-15-7-8-16-40(38)34-47)39-19-25-46(26-20-39)54-52-18-10-9-17-48(52)49-35-43(24-30-53(49)54)37-13-5-2-6-14-37/h1-32,34-35H,33H2. The van der Waals surface area contributed by atoms with E-state index in [0.29, 0.717) is 0 Å². The van der Waals surface area contributed by atoms with Gasteiger partial charge in [0, 0.05) is 39.9 Å². The van der Waals surface area contributed by atoms with Crippen molar-refractivity contribution in [2.24, 2.45) is 0 Å². The van der Waals surface area contributed by atoms with E-state index < -0.39 is 0 Å². The van der Waals surface area contributed by atoms with Crippen LogP contribution in [0, 0.1) is 0 Å². The molecule has 258 valence electrons. The molecule has 0 amide bonds. The summed E-state index contributed by atoms with van der Waals surface area (Å²) < 4.78 is 2.40. The minimum atomic E-state index is 0.869. The Morgan fingerprint density at radius 1 is 0.309 bits per heavy atom. The second-order valence-corrected chi connectivity index (χ2v) is 14.6. The minimum absolute atomic E-state index is 0.869. The van der Waals surface area contributed by atoms with Crippen molar-refractivity contribution in [1.82, 2.24) is 4.57 Å². The number of nitrogens with zero attached hydrogens (tertiary/aromatic N) is 2. The highest BCUT2D eigenvalue weighted by Crippen LogP contribution is 2.46. The maximum absolute atomic E-state index is 2.45. The van der Waals surface area contributed by atoms with Crippen LogP contribution in [-0.4, -0.2) is 4.57 Å². The van der Waals surface area contributed by atoms with Gasteiger partial charge < -0.3 is 9.47 Å². The molecule has 1 aliphatic heterocycles. The average molecular weight is 701 g/mol. The molecule has 10 aromatic rings. The van der Waals surface area contributed by atoms with E-state index in [4.69, 9.17) is 0 Å². The van der Waals surface area contributed by atoms with Gasteiger partial charge in [-0.05, 0) is 122 Å². The largest absolute Gasteiger partial charge is 0.310 e. The zero-order chi connectivity index (χ0) is 36.3. The van der Waals surface area contributed by atoms with E-state index in [1.807, 2.05) is 0 Å². The summed E-state index contributed by atoms with van der Waals surface area (Å²) in [5.41, 5.74) is 17.3. The van der Waals surface area contributed by atoms with Crippen LogP contribution in [0.25, 0.3) is 71.6 Å². The van der Waals surface area contributed by atoms with Crippen molar-refractivity contribution in [3.63, 3.8) is 0 Å². The van der Waals surface area contributed by atoms with Gasteiger partial charge in [-0.2, -0.15) is 0 Å². The van der Waals surface area contributed by atoms with Gasteiger partial charge in [0.2, 0.25) is 0 Å². The zero-order valence-electron chi connectivity index (χ0n) is 30.2. The summed E-state index contributed by atoms with van der Waals surface area (Å²) in [5, 5.41) is 5.02. The number of anilines is 3. The monoisotopic (exact) mass is 700 g/mol. The van der Waals surface area contributed by atoms with Gasteiger partial charge in [0.1, 0.15) is 0 Å². The highest BCUT2D eigenvalue weighted by atomic mass is 15.2. The van der Waals surface area contributed by atoms with Crippen molar-refractivity contribution in [3.8, 4) is 39.1 Å². The summed E-state index contributed by atoms with van der Waals surface area (Å²) in [5.74, 6) is 0. The molecule has 0 aliphatic carbocycles. The molecule has 0 radical (unpaired) electrons. The fourth-order valence-corrected chi connectivity index (χ4v) is 8.67.